The molecule has 0 spiro atoms. The van der Waals surface area contributed by atoms with Gasteiger partial charge in [-0.15, -0.1) is 0 Å². The Morgan fingerprint density at radius 2 is 0.898 bits per heavy atom. The maximum absolute atomic E-state index is 8.95. The van der Waals surface area contributed by atoms with Gasteiger partial charge in [-0.2, -0.15) is 0 Å². The first kappa shape index (κ1) is 28.0. The van der Waals surface area contributed by atoms with Crippen LogP contribution in [-0.4, -0.2) is 0 Å². The number of hydrogen-bond acceptors (Lipinski definition) is 1. The fourth-order valence-corrected chi connectivity index (χ4v) is 9.10. The molecule has 0 N–H and O–H groups in total. The van der Waals surface area contributed by atoms with Crippen LogP contribution in [0.4, 0.5) is 17.1 Å². The highest BCUT2D eigenvalue weighted by molar-refractivity contribution is 5.98. The lowest BCUT2D eigenvalue weighted by Gasteiger charge is -2.29. The highest BCUT2D eigenvalue weighted by Crippen LogP contribution is 2.52. The molecule has 0 radical (unpaired) electrons. The minimum Gasteiger partial charge on any atom is -0.311 e. The van der Waals surface area contributed by atoms with E-state index in [1.165, 1.54) is 38.6 Å². The maximum atomic E-state index is 8.95. The van der Waals surface area contributed by atoms with Crippen LogP contribution < -0.4 is 4.90 Å². The number of benzene rings is 10. The van der Waals surface area contributed by atoms with Gasteiger partial charge < -0.3 is 4.90 Å². The first-order valence-corrected chi connectivity index (χ1v) is 19.9. The van der Waals surface area contributed by atoms with E-state index >= 15 is 0 Å². The lowest BCUT2D eigenvalue weighted by Crippen LogP contribution is -2.22. The van der Waals surface area contributed by atoms with Gasteiger partial charge in [-0.05, 0) is 132 Å². The van der Waals surface area contributed by atoms with Crippen LogP contribution >= 0.6 is 0 Å². The number of hydrogen-bond donors (Lipinski definition) is 0. The molecule has 10 aromatic carbocycles. The normalized spacial score (nSPS) is 14.3. The fourth-order valence-electron chi connectivity index (χ4n) is 9.10. The SMILES string of the molecule is [2H]c1c([2H])c([2H])c2c(-c3ccc(N(c4ccc(-c5cccc(C6(C)c7ccccc7-c7ccccc76)c5)cc4)c4ccc(-c5cccc6ccccc56)cc4)cc3)c([2H])c([2H])c([2H])c2c1[2H]. The van der Waals surface area contributed by atoms with Crippen LogP contribution in [0.5, 0.6) is 0 Å². The second-order valence-electron chi connectivity index (χ2n) is 15.3. The van der Waals surface area contributed by atoms with Gasteiger partial charge >= 0.3 is 0 Å². The molecule has 0 saturated carbocycles. The molecule has 10 aromatic rings. The minimum absolute atomic E-state index is 0.0633. The van der Waals surface area contributed by atoms with Gasteiger partial charge in [0.25, 0.3) is 0 Å². The van der Waals surface area contributed by atoms with Crippen molar-refractivity contribution in [3.8, 4) is 44.5 Å². The van der Waals surface area contributed by atoms with Gasteiger partial charge in [-0.1, -0.05) is 188 Å². The van der Waals surface area contributed by atoms with Crippen molar-refractivity contribution in [3.63, 3.8) is 0 Å². The van der Waals surface area contributed by atoms with Gasteiger partial charge in [0.05, 0.1) is 9.60 Å². The summed E-state index contributed by atoms with van der Waals surface area (Å²) in [6, 6.07) is 62.9. The molecular formula is C58H41N. The third-order valence-electron chi connectivity index (χ3n) is 12.1. The predicted molar refractivity (Wildman–Crippen MR) is 250 cm³/mol. The topological polar surface area (TPSA) is 3.24 Å². The smallest absolute Gasteiger partial charge is 0.0629 e. The molecule has 0 amide bonds. The van der Waals surface area contributed by atoms with E-state index in [0.29, 0.717) is 5.56 Å². The summed E-state index contributed by atoms with van der Waals surface area (Å²) in [7, 11) is 0. The summed E-state index contributed by atoms with van der Waals surface area (Å²) in [6.45, 7) is 2.33. The Balaban J connectivity index is 1.01. The van der Waals surface area contributed by atoms with E-state index in [1.807, 2.05) is 24.3 Å². The molecule has 1 aliphatic carbocycles. The average molecular weight is 759 g/mol. The molecule has 0 unspecified atom stereocenters. The molecule has 1 nitrogen and oxygen atoms in total. The van der Waals surface area contributed by atoms with Crippen LogP contribution in [0.2, 0.25) is 0 Å². The molecule has 0 aromatic heterocycles. The summed E-state index contributed by atoms with van der Waals surface area (Å²) in [6.07, 6.45) is 0. The zero-order valence-electron chi connectivity index (χ0n) is 39.3. The third-order valence-corrected chi connectivity index (χ3v) is 12.1. The van der Waals surface area contributed by atoms with E-state index in [0.717, 1.165) is 39.3 Å². The largest absolute Gasteiger partial charge is 0.311 e. The van der Waals surface area contributed by atoms with Crippen molar-refractivity contribution in [1.82, 2.24) is 0 Å². The first-order chi connectivity index (χ1) is 32.0. The third kappa shape index (κ3) is 5.86. The van der Waals surface area contributed by atoms with Gasteiger partial charge in [-0.25, -0.2) is 0 Å². The minimum atomic E-state index is -0.472. The Morgan fingerprint density at radius 3 is 1.59 bits per heavy atom. The lowest BCUT2D eigenvalue weighted by molar-refractivity contribution is 0.714. The molecule has 11 rings (SSSR count). The van der Waals surface area contributed by atoms with Gasteiger partial charge in [0, 0.05) is 22.5 Å². The van der Waals surface area contributed by atoms with Crippen LogP contribution in [0.3, 0.4) is 0 Å². The van der Waals surface area contributed by atoms with Crippen molar-refractivity contribution in [2.24, 2.45) is 0 Å². The summed E-state index contributed by atoms with van der Waals surface area (Å²) in [5.74, 6) is 0. The molecule has 0 aliphatic heterocycles. The number of nitrogens with zero attached hydrogens (tertiary/aromatic N) is 1. The maximum Gasteiger partial charge on any atom is 0.0629 e. The average Bonchev–Trinajstić information content (AvgIpc) is 3.63. The fraction of sp³-hybridized carbons (Fsp3) is 0.0345. The molecule has 0 heterocycles. The standard InChI is InChI=1S/C58H41N/c1-58(56-25-8-6-21-54(56)55-22-7-9-26-57(55)58)46-18-10-17-45(39-46)40-27-33-47(34-28-40)59(48-35-29-43(30-36-48)52-23-11-15-41-13-2-4-19-50(41)52)49-37-31-44(32-38-49)53-24-12-16-42-14-3-5-20-51(42)53/h2-39H,1H3/i2D,4D,11D,13D,15D,19D,23D. The van der Waals surface area contributed by atoms with Crippen LogP contribution in [0.1, 0.15) is 33.2 Å². The zero-order valence-corrected chi connectivity index (χ0v) is 32.3. The van der Waals surface area contributed by atoms with Crippen LogP contribution in [0.25, 0.3) is 66.1 Å². The second kappa shape index (κ2) is 14.2. The van der Waals surface area contributed by atoms with E-state index < -0.39 is 18.1 Å². The van der Waals surface area contributed by atoms with Crippen molar-refractivity contribution in [2.45, 2.75) is 12.3 Å². The molecule has 1 aliphatic rings. The van der Waals surface area contributed by atoms with Crippen LogP contribution in [0, 0.1) is 0 Å². The first-order valence-electron chi connectivity index (χ1n) is 23.4. The van der Waals surface area contributed by atoms with E-state index in [2.05, 4.69) is 176 Å². The summed E-state index contributed by atoms with van der Waals surface area (Å²) < 4.78 is 60.3. The molecule has 0 atom stereocenters. The summed E-state index contributed by atoms with van der Waals surface area (Å²) in [5, 5.41) is 2.35. The van der Waals surface area contributed by atoms with Crippen molar-refractivity contribution in [2.75, 3.05) is 4.90 Å². The Labute approximate surface area is 356 Å². The predicted octanol–water partition coefficient (Wildman–Crippen LogP) is 15.8. The van der Waals surface area contributed by atoms with Gasteiger partial charge in [-0.3, -0.25) is 0 Å². The monoisotopic (exact) mass is 758 g/mol. The second-order valence-corrected chi connectivity index (χ2v) is 15.3. The Hall–Kier alpha value is -7.48. The van der Waals surface area contributed by atoms with E-state index in [4.69, 9.17) is 9.60 Å². The molecular weight excluding hydrogens is 711 g/mol. The van der Waals surface area contributed by atoms with Crippen LogP contribution in [0.15, 0.2) is 230 Å². The Kier molecular flexibility index (Phi) is 6.72. The summed E-state index contributed by atoms with van der Waals surface area (Å²) in [4.78, 5) is 2.17. The van der Waals surface area contributed by atoms with Gasteiger partial charge in [0.2, 0.25) is 0 Å². The van der Waals surface area contributed by atoms with Crippen molar-refractivity contribution < 1.29 is 9.60 Å². The quantitative estimate of drug-likeness (QED) is 0.156. The molecule has 0 bridgehead atoms. The van der Waals surface area contributed by atoms with Crippen molar-refractivity contribution >= 4 is 38.6 Å². The molecule has 1 heteroatoms. The molecule has 0 saturated heterocycles. The number of rotatable bonds is 7. The number of fused-ring (bicyclic) bond motifs is 5. The van der Waals surface area contributed by atoms with Crippen LogP contribution in [-0.2, 0) is 5.41 Å². The van der Waals surface area contributed by atoms with Crippen molar-refractivity contribution in [3.05, 3.63) is 247 Å². The zero-order chi connectivity index (χ0) is 45.4. The van der Waals surface area contributed by atoms with Gasteiger partial charge in [0.1, 0.15) is 0 Å². The summed E-state index contributed by atoms with van der Waals surface area (Å²) in [5.41, 5.74) is 13.8. The molecule has 278 valence electrons. The Bertz CT molecular complexity index is 3510. The van der Waals surface area contributed by atoms with E-state index in [1.54, 1.807) is 0 Å². The lowest BCUT2D eigenvalue weighted by atomic mass is 9.74. The number of anilines is 3. The highest BCUT2D eigenvalue weighted by atomic mass is 15.1. The van der Waals surface area contributed by atoms with E-state index in [9.17, 15) is 0 Å². The van der Waals surface area contributed by atoms with E-state index in [-0.39, 0.29) is 45.9 Å². The van der Waals surface area contributed by atoms with Gasteiger partial charge in [0.15, 0.2) is 0 Å². The Morgan fingerprint density at radius 1 is 0.373 bits per heavy atom. The molecule has 59 heavy (non-hydrogen) atoms. The highest BCUT2D eigenvalue weighted by Gasteiger charge is 2.40. The summed E-state index contributed by atoms with van der Waals surface area (Å²) >= 11 is 0. The molecule has 0 fully saturated rings. The van der Waals surface area contributed by atoms with Crippen molar-refractivity contribution in [1.29, 1.82) is 0 Å².